The minimum absolute atomic E-state index is 0.0321. The van der Waals surface area contributed by atoms with Crippen molar-refractivity contribution in [3.63, 3.8) is 0 Å². The first-order valence-electron chi connectivity index (χ1n) is 21.8. The highest BCUT2D eigenvalue weighted by atomic mass is 31.2. The maximum Gasteiger partial charge on any atom is 0.306 e. The second kappa shape index (κ2) is 31.7. The number of hydrogen-bond acceptors (Lipinski definition) is 11. The van der Waals surface area contributed by atoms with Crippen LogP contribution < -0.4 is 4.89 Å². The van der Waals surface area contributed by atoms with E-state index in [-0.39, 0.29) is 44.2 Å². The number of aliphatic hydroxyl groups is 2. The Morgan fingerprint density at radius 2 is 1.42 bits per heavy atom. The molecule has 0 radical (unpaired) electrons. The minimum atomic E-state index is -4.70. The molecule has 0 saturated heterocycles. The second-order valence-corrected chi connectivity index (χ2v) is 17.9. The molecule has 330 valence electrons. The Bertz CT molecular complexity index is 1230. The molecule has 6 atom stereocenters. The quantitative estimate of drug-likeness (QED) is 0.0208. The lowest BCUT2D eigenvalue weighted by molar-refractivity contribution is -0.870. The molecular formula is C44H78NO11P. The van der Waals surface area contributed by atoms with Gasteiger partial charge in [-0.15, -0.1) is 0 Å². The molecule has 0 amide bonds. The van der Waals surface area contributed by atoms with E-state index in [1.54, 1.807) is 12.2 Å². The number of phosphoric ester groups is 1. The van der Waals surface area contributed by atoms with Crippen LogP contribution in [0.5, 0.6) is 0 Å². The average molecular weight is 828 g/mol. The smallest absolute Gasteiger partial charge is 0.306 e. The number of hydrogen-bond donors (Lipinski definition) is 2. The Hall–Kier alpha value is -2.18. The summed E-state index contributed by atoms with van der Waals surface area (Å²) in [6, 6.07) is 0. The van der Waals surface area contributed by atoms with Crippen molar-refractivity contribution in [1.82, 2.24) is 0 Å². The van der Waals surface area contributed by atoms with Crippen molar-refractivity contribution in [3.05, 3.63) is 36.5 Å². The number of ketones is 1. The third-order valence-electron chi connectivity index (χ3n) is 10.0. The van der Waals surface area contributed by atoms with Gasteiger partial charge in [-0.1, -0.05) is 108 Å². The summed E-state index contributed by atoms with van der Waals surface area (Å²) in [5, 5.41) is 20.7. The monoisotopic (exact) mass is 828 g/mol. The molecule has 0 heterocycles. The van der Waals surface area contributed by atoms with Crippen LogP contribution in [0.2, 0.25) is 0 Å². The Morgan fingerprint density at radius 3 is 2.11 bits per heavy atom. The Kier molecular flexibility index (Phi) is 29.4. The molecule has 0 aromatic rings. The average Bonchev–Trinajstić information content (AvgIpc) is 3.41. The molecule has 1 aliphatic carbocycles. The lowest BCUT2D eigenvalue weighted by Gasteiger charge is -2.28. The molecule has 1 saturated carbocycles. The summed E-state index contributed by atoms with van der Waals surface area (Å²) in [5.74, 6) is -1.81. The van der Waals surface area contributed by atoms with Crippen LogP contribution in [0, 0.1) is 11.8 Å². The summed E-state index contributed by atoms with van der Waals surface area (Å²) in [4.78, 5) is 50.2. The molecule has 1 rings (SSSR count). The van der Waals surface area contributed by atoms with Crippen molar-refractivity contribution < 1.29 is 57.1 Å². The van der Waals surface area contributed by atoms with Crippen molar-refractivity contribution in [1.29, 1.82) is 0 Å². The zero-order chi connectivity index (χ0) is 42.4. The third kappa shape index (κ3) is 28.8. The molecule has 1 unspecified atom stereocenters. The summed E-state index contributed by atoms with van der Waals surface area (Å²) in [5.41, 5.74) is 0. The van der Waals surface area contributed by atoms with Crippen LogP contribution in [0.15, 0.2) is 36.5 Å². The van der Waals surface area contributed by atoms with Gasteiger partial charge in [0, 0.05) is 31.1 Å². The van der Waals surface area contributed by atoms with Gasteiger partial charge < -0.3 is 38.1 Å². The normalized spacial score (nSPS) is 19.8. The molecular weight excluding hydrogens is 749 g/mol. The first kappa shape index (κ1) is 52.8. The molecule has 0 aromatic carbocycles. The number of aliphatic hydroxyl groups excluding tert-OH is 2. The molecule has 12 nitrogen and oxygen atoms in total. The Morgan fingerprint density at radius 1 is 0.825 bits per heavy atom. The summed E-state index contributed by atoms with van der Waals surface area (Å²) in [7, 11) is 0.994. The molecule has 1 aliphatic rings. The van der Waals surface area contributed by atoms with E-state index in [9.17, 15) is 34.1 Å². The SMILES string of the molecule is CCCCCC/C=C\CCCCCCCC(=O)OC[C@H](COP(=O)([O-])OCC[N+](C)(C)C)OC(=O)CCC/C=C\C[C@H]1[C@@H](O)CC(=O)[C@@H]1/C=C/[C@@H](O)CCCCC. The fourth-order valence-electron chi connectivity index (χ4n) is 6.45. The van der Waals surface area contributed by atoms with Crippen LogP contribution in [0.4, 0.5) is 0 Å². The van der Waals surface area contributed by atoms with E-state index in [4.69, 9.17) is 18.5 Å². The maximum atomic E-state index is 12.8. The molecule has 0 spiro atoms. The van der Waals surface area contributed by atoms with Gasteiger partial charge in [0.05, 0.1) is 40.0 Å². The molecule has 57 heavy (non-hydrogen) atoms. The predicted octanol–water partition coefficient (Wildman–Crippen LogP) is 8.09. The summed E-state index contributed by atoms with van der Waals surface area (Å²) in [6.07, 6.45) is 26.8. The van der Waals surface area contributed by atoms with Crippen LogP contribution >= 0.6 is 7.82 Å². The molecule has 2 N–H and O–H groups in total. The number of ether oxygens (including phenoxy) is 2. The Balaban J connectivity index is 2.54. The lowest BCUT2D eigenvalue weighted by atomic mass is 9.90. The molecule has 0 aromatic heterocycles. The lowest BCUT2D eigenvalue weighted by Crippen LogP contribution is -2.37. The summed E-state index contributed by atoms with van der Waals surface area (Å²) < 4.78 is 33.8. The molecule has 0 aliphatic heterocycles. The van der Waals surface area contributed by atoms with Gasteiger partial charge in [0.25, 0.3) is 7.82 Å². The maximum absolute atomic E-state index is 12.8. The van der Waals surface area contributed by atoms with Crippen molar-refractivity contribution in [3.8, 4) is 0 Å². The third-order valence-corrected chi connectivity index (χ3v) is 11.0. The predicted molar refractivity (Wildman–Crippen MR) is 223 cm³/mol. The van der Waals surface area contributed by atoms with Crippen LogP contribution in [0.1, 0.15) is 149 Å². The van der Waals surface area contributed by atoms with Crippen LogP contribution in [-0.2, 0) is 37.5 Å². The number of phosphoric acid groups is 1. The highest BCUT2D eigenvalue weighted by Gasteiger charge is 2.39. The Labute approximate surface area is 344 Å². The molecule has 13 heteroatoms. The van der Waals surface area contributed by atoms with Gasteiger partial charge in [0.1, 0.15) is 25.5 Å². The van der Waals surface area contributed by atoms with Gasteiger partial charge >= 0.3 is 11.9 Å². The van der Waals surface area contributed by atoms with Gasteiger partial charge in [0.2, 0.25) is 0 Å². The number of carbonyl (C=O) groups excluding carboxylic acids is 3. The largest absolute Gasteiger partial charge is 0.756 e. The first-order valence-corrected chi connectivity index (χ1v) is 23.3. The van der Waals surface area contributed by atoms with Crippen molar-refractivity contribution >= 4 is 25.5 Å². The number of unbranched alkanes of at least 4 members (excludes halogenated alkanes) is 12. The zero-order valence-electron chi connectivity index (χ0n) is 36.0. The highest BCUT2D eigenvalue weighted by Crippen LogP contribution is 2.38. The van der Waals surface area contributed by atoms with Gasteiger partial charge in [0.15, 0.2) is 6.10 Å². The van der Waals surface area contributed by atoms with Crippen molar-refractivity contribution in [2.45, 2.75) is 167 Å². The minimum Gasteiger partial charge on any atom is -0.756 e. The zero-order valence-corrected chi connectivity index (χ0v) is 36.9. The highest BCUT2D eigenvalue weighted by molar-refractivity contribution is 7.45. The van der Waals surface area contributed by atoms with Crippen molar-refractivity contribution in [2.24, 2.45) is 11.8 Å². The number of allylic oxidation sites excluding steroid dienone is 5. The fourth-order valence-corrected chi connectivity index (χ4v) is 7.18. The van der Waals surface area contributed by atoms with E-state index in [2.05, 4.69) is 26.0 Å². The standard InChI is InChI=1S/C44H78NO11P/c1-6-8-10-11-12-13-14-15-16-17-18-19-24-28-43(49)53-35-38(36-55-57(51,52)54-33-32-45(3,4)5)56-44(50)29-25-21-20-23-27-39-40(42(48)34-41(39)47)31-30-37(46)26-22-9-7-2/h13-14,20,23,30-31,37-41,46-47H,6-12,15-19,21-22,24-29,32-36H2,1-5H3/b14-13-,23-20-,31-30+/t37-,38+,39+,40+,41-/m0/s1. The summed E-state index contributed by atoms with van der Waals surface area (Å²) in [6.45, 7) is 3.77. The number of carbonyl (C=O) groups is 3. The number of quaternary nitrogens is 1. The van der Waals surface area contributed by atoms with Gasteiger partial charge in [-0.2, -0.15) is 0 Å². The molecule has 1 fully saturated rings. The van der Waals surface area contributed by atoms with Crippen LogP contribution in [0.3, 0.4) is 0 Å². The van der Waals surface area contributed by atoms with Crippen LogP contribution in [0.25, 0.3) is 0 Å². The van der Waals surface area contributed by atoms with Gasteiger partial charge in [-0.3, -0.25) is 18.9 Å². The second-order valence-electron chi connectivity index (χ2n) is 16.5. The van der Waals surface area contributed by atoms with E-state index in [1.807, 2.05) is 33.3 Å². The van der Waals surface area contributed by atoms with Gasteiger partial charge in [-0.25, -0.2) is 0 Å². The first-order chi connectivity index (χ1) is 27.2. The number of nitrogens with zero attached hydrogens (tertiary/aromatic N) is 1. The van der Waals surface area contributed by atoms with E-state index in [0.29, 0.717) is 43.1 Å². The summed E-state index contributed by atoms with van der Waals surface area (Å²) >= 11 is 0. The topological polar surface area (TPSA) is 169 Å². The fraction of sp³-hybridized carbons (Fsp3) is 0.795. The van der Waals surface area contributed by atoms with Crippen molar-refractivity contribution in [2.75, 3.05) is 47.5 Å². The molecule has 0 bridgehead atoms. The van der Waals surface area contributed by atoms with Crippen LogP contribution in [-0.4, -0.2) is 98.2 Å². The van der Waals surface area contributed by atoms with Gasteiger partial charge in [-0.05, 0) is 57.8 Å². The number of Topliss-reactive ketones (excluding diaryl/α,β-unsaturated/α-hetero) is 1. The van der Waals surface area contributed by atoms with E-state index >= 15 is 0 Å². The number of likely N-dealkylation sites (N-methyl/N-ethyl adjacent to an activating group) is 1. The number of esters is 2. The van der Waals surface area contributed by atoms with E-state index in [1.165, 1.54) is 25.7 Å². The van der Waals surface area contributed by atoms with E-state index in [0.717, 1.165) is 57.8 Å². The number of rotatable bonds is 35. The van der Waals surface area contributed by atoms with E-state index < -0.39 is 50.6 Å².